The van der Waals surface area contributed by atoms with E-state index in [0.29, 0.717) is 16.6 Å². The van der Waals surface area contributed by atoms with Gasteiger partial charge in [0.05, 0.1) is 24.7 Å². The Kier molecular flexibility index (Phi) is 5.34. The Bertz CT molecular complexity index is 737. The molecule has 0 bridgehead atoms. The molecule has 1 heterocycles. The fourth-order valence-corrected chi connectivity index (χ4v) is 2.08. The highest BCUT2D eigenvalue weighted by atomic mass is 35.5. The Morgan fingerprint density at radius 1 is 1.25 bits per heavy atom. The largest absolute Gasteiger partial charge is 0.495 e. The number of nitrogens with one attached hydrogen (secondary N) is 2. The van der Waals surface area contributed by atoms with Crippen molar-refractivity contribution in [2.24, 2.45) is 5.41 Å². The standard InChI is InChI=1S/C18H22ClN3O2/c1-11-8-14(15(24-5)9-13(11)19)21-12-6-7-16(20-10-12)22-17(23)18(2,3)4/h6-10,21H,1-5H3,(H,20,22,23). The average molecular weight is 348 g/mol. The fraction of sp³-hybridized carbons (Fsp3) is 0.333. The normalized spacial score (nSPS) is 11.1. The lowest BCUT2D eigenvalue weighted by molar-refractivity contribution is -0.123. The van der Waals surface area contributed by atoms with E-state index in [0.717, 1.165) is 16.9 Å². The van der Waals surface area contributed by atoms with E-state index in [1.54, 1.807) is 25.4 Å². The Morgan fingerprint density at radius 3 is 2.50 bits per heavy atom. The van der Waals surface area contributed by atoms with Gasteiger partial charge in [-0.15, -0.1) is 0 Å². The zero-order valence-electron chi connectivity index (χ0n) is 14.5. The number of rotatable bonds is 4. The summed E-state index contributed by atoms with van der Waals surface area (Å²) in [5.41, 5.74) is 2.06. The van der Waals surface area contributed by atoms with E-state index < -0.39 is 5.41 Å². The molecular formula is C18H22ClN3O2. The van der Waals surface area contributed by atoms with Crippen LogP contribution < -0.4 is 15.4 Å². The molecule has 0 radical (unpaired) electrons. The van der Waals surface area contributed by atoms with Gasteiger partial charge in [0.1, 0.15) is 11.6 Å². The highest BCUT2D eigenvalue weighted by molar-refractivity contribution is 6.31. The number of ether oxygens (including phenoxy) is 1. The smallest absolute Gasteiger partial charge is 0.230 e. The minimum atomic E-state index is -0.465. The lowest BCUT2D eigenvalue weighted by Crippen LogP contribution is -2.27. The second-order valence-electron chi connectivity index (χ2n) is 6.56. The molecule has 0 aliphatic carbocycles. The first-order valence-corrected chi connectivity index (χ1v) is 7.97. The van der Waals surface area contributed by atoms with Gasteiger partial charge in [-0.05, 0) is 30.7 Å². The molecule has 24 heavy (non-hydrogen) atoms. The molecule has 5 nitrogen and oxygen atoms in total. The zero-order chi connectivity index (χ0) is 17.9. The van der Waals surface area contributed by atoms with Crippen LogP contribution in [0.15, 0.2) is 30.5 Å². The summed E-state index contributed by atoms with van der Waals surface area (Å²) in [7, 11) is 1.59. The molecule has 1 amide bonds. The number of amides is 1. The summed E-state index contributed by atoms with van der Waals surface area (Å²) in [4.78, 5) is 16.2. The lowest BCUT2D eigenvalue weighted by atomic mass is 9.96. The molecule has 0 saturated heterocycles. The molecule has 1 aromatic carbocycles. The predicted octanol–water partition coefficient (Wildman–Crippen LogP) is 4.78. The number of aromatic nitrogens is 1. The monoisotopic (exact) mass is 347 g/mol. The molecule has 0 saturated carbocycles. The maximum Gasteiger partial charge on any atom is 0.230 e. The van der Waals surface area contributed by atoms with Gasteiger partial charge in [-0.2, -0.15) is 0 Å². The molecule has 128 valence electrons. The summed E-state index contributed by atoms with van der Waals surface area (Å²) < 4.78 is 5.34. The Morgan fingerprint density at radius 2 is 1.96 bits per heavy atom. The highest BCUT2D eigenvalue weighted by Gasteiger charge is 2.21. The summed E-state index contributed by atoms with van der Waals surface area (Å²) in [6, 6.07) is 7.27. The molecule has 2 aromatic rings. The van der Waals surface area contributed by atoms with Crippen LogP contribution in [0.4, 0.5) is 17.2 Å². The first-order chi connectivity index (χ1) is 11.2. The Labute approximate surface area is 147 Å². The van der Waals surface area contributed by atoms with Gasteiger partial charge < -0.3 is 15.4 Å². The van der Waals surface area contributed by atoms with Crippen LogP contribution in [0.3, 0.4) is 0 Å². The van der Waals surface area contributed by atoms with Gasteiger partial charge in [0, 0.05) is 16.5 Å². The fourth-order valence-electron chi connectivity index (χ4n) is 1.93. The third-order valence-electron chi connectivity index (χ3n) is 3.45. The van der Waals surface area contributed by atoms with Crippen molar-refractivity contribution in [2.45, 2.75) is 27.7 Å². The molecule has 0 unspecified atom stereocenters. The van der Waals surface area contributed by atoms with Crippen LogP contribution >= 0.6 is 11.6 Å². The Hall–Kier alpha value is -2.27. The van der Waals surface area contributed by atoms with E-state index in [1.807, 2.05) is 39.8 Å². The second-order valence-corrected chi connectivity index (χ2v) is 6.97. The topological polar surface area (TPSA) is 63.2 Å². The molecular weight excluding hydrogens is 326 g/mol. The van der Waals surface area contributed by atoms with E-state index in [2.05, 4.69) is 15.6 Å². The molecule has 2 N–H and O–H groups in total. The number of methoxy groups -OCH3 is 1. The lowest BCUT2D eigenvalue weighted by Gasteiger charge is -2.17. The molecule has 0 spiro atoms. The number of carbonyl (C=O) groups is 1. The maximum atomic E-state index is 12.0. The number of carbonyl (C=O) groups excluding carboxylic acids is 1. The molecule has 0 fully saturated rings. The number of halogens is 1. The number of pyridine rings is 1. The number of nitrogens with zero attached hydrogens (tertiary/aromatic N) is 1. The van der Waals surface area contributed by atoms with Gasteiger partial charge in [0.2, 0.25) is 5.91 Å². The van der Waals surface area contributed by atoms with Crippen molar-refractivity contribution in [3.8, 4) is 5.75 Å². The average Bonchev–Trinajstić information content (AvgIpc) is 2.51. The quantitative estimate of drug-likeness (QED) is 0.835. The van der Waals surface area contributed by atoms with Gasteiger partial charge >= 0.3 is 0 Å². The van der Waals surface area contributed by atoms with Crippen LogP contribution in [-0.4, -0.2) is 18.0 Å². The first kappa shape index (κ1) is 18.1. The molecule has 1 aromatic heterocycles. The number of aryl methyl sites for hydroxylation is 1. The summed E-state index contributed by atoms with van der Waals surface area (Å²) in [6.07, 6.45) is 1.65. The van der Waals surface area contributed by atoms with E-state index in [4.69, 9.17) is 16.3 Å². The summed E-state index contributed by atoms with van der Waals surface area (Å²) in [6.45, 7) is 7.49. The first-order valence-electron chi connectivity index (χ1n) is 7.59. The van der Waals surface area contributed by atoms with E-state index in [9.17, 15) is 4.79 Å². The molecule has 2 rings (SSSR count). The van der Waals surface area contributed by atoms with Gasteiger partial charge in [0.25, 0.3) is 0 Å². The summed E-state index contributed by atoms with van der Waals surface area (Å²) in [5.74, 6) is 1.08. The SMILES string of the molecule is COc1cc(Cl)c(C)cc1Nc1ccc(NC(=O)C(C)(C)C)nc1. The predicted molar refractivity (Wildman–Crippen MR) is 98.3 cm³/mol. The van der Waals surface area contributed by atoms with Gasteiger partial charge in [-0.1, -0.05) is 32.4 Å². The van der Waals surface area contributed by atoms with Crippen LogP contribution in [0.2, 0.25) is 5.02 Å². The van der Waals surface area contributed by atoms with Gasteiger partial charge in [-0.25, -0.2) is 4.98 Å². The number of hydrogen-bond acceptors (Lipinski definition) is 4. The van der Waals surface area contributed by atoms with Crippen LogP contribution in [0.5, 0.6) is 5.75 Å². The number of benzene rings is 1. The van der Waals surface area contributed by atoms with Crippen molar-refractivity contribution in [3.63, 3.8) is 0 Å². The molecule has 0 aliphatic heterocycles. The maximum absolute atomic E-state index is 12.0. The van der Waals surface area contributed by atoms with Crippen molar-refractivity contribution >= 4 is 34.7 Å². The Balaban J connectivity index is 2.15. The van der Waals surface area contributed by atoms with Crippen LogP contribution in [0.25, 0.3) is 0 Å². The van der Waals surface area contributed by atoms with Gasteiger partial charge in [-0.3, -0.25) is 4.79 Å². The van der Waals surface area contributed by atoms with Gasteiger partial charge in [0.15, 0.2) is 0 Å². The third kappa shape index (κ3) is 4.38. The third-order valence-corrected chi connectivity index (χ3v) is 3.85. The van der Waals surface area contributed by atoms with Crippen LogP contribution in [0.1, 0.15) is 26.3 Å². The molecule has 0 atom stereocenters. The second kappa shape index (κ2) is 7.09. The van der Waals surface area contributed by atoms with Crippen LogP contribution in [0, 0.1) is 12.3 Å². The number of anilines is 3. The minimum Gasteiger partial charge on any atom is -0.495 e. The molecule has 0 aliphatic rings. The van der Waals surface area contributed by atoms with E-state index >= 15 is 0 Å². The van der Waals surface area contributed by atoms with E-state index in [1.165, 1.54) is 0 Å². The van der Waals surface area contributed by atoms with Crippen LogP contribution in [-0.2, 0) is 4.79 Å². The number of hydrogen-bond donors (Lipinski definition) is 2. The summed E-state index contributed by atoms with van der Waals surface area (Å²) >= 11 is 6.11. The highest BCUT2D eigenvalue weighted by Crippen LogP contribution is 2.33. The zero-order valence-corrected chi connectivity index (χ0v) is 15.3. The summed E-state index contributed by atoms with van der Waals surface area (Å²) in [5, 5.41) is 6.68. The van der Waals surface area contributed by atoms with Crippen molar-refractivity contribution in [1.82, 2.24) is 4.98 Å². The molecule has 6 heteroatoms. The minimum absolute atomic E-state index is 0.0781. The van der Waals surface area contributed by atoms with Crippen molar-refractivity contribution in [2.75, 3.05) is 17.7 Å². The van der Waals surface area contributed by atoms with E-state index in [-0.39, 0.29) is 5.91 Å². The van der Waals surface area contributed by atoms with Crippen molar-refractivity contribution < 1.29 is 9.53 Å². The van der Waals surface area contributed by atoms with Crippen molar-refractivity contribution in [1.29, 1.82) is 0 Å². The van der Waals surface area contributed by atoms with Crippen molar-refractivity contribution in [3.05, 3.63) is 41.0 Å².